The van der Waals surface area contributed by atoms with Gasteiger partial charge in [0.05, 0.1) is 6.04 Å². The van der Waals surface area contributed by atoms with Crippen molar-refractivity contribution in [3.63, 3.8) is 0 Å². The van der Waals surface area contributed by atoms with E-state index in [0.29, 0.717) is 6.42 Å². The van der Waals surface area contributed by atoms with Crippen molar-refractivity contribution in [1.29, 1.82) is 0 Å². The third-order valence-electron chi connectivity index (χ3n) is 2.77. The molecule has 18 heavy (non-hydrogen) atoms. The van der Waals surface area contributed by atoms with E-state index in [1.807, 2.05) is 45.0 Å². The van der Waals surface area contributed by atoms with Crippen molar-refractivity contribution in [3.8, 4) is 0 Å². The summed E-state index contributed by atoms with van der Waals surface area (Å²) in [5.74, 6) is 0.0796. The lowest BCUT2D eigenvalue weighted by Gasteiger charge is -2.17. The van der Waals surface area contributed by atoms with E-state index < -0.39 is 0 Å². The Morgan fingerprint density at radius 1 is 1.39 bits per heavy atom. The number of nitrogens with one attached hydrogen (secondary N) is 2. The fourth-order valence-electron chi connectivity index (χ4n) is 1.86. The van der Waals surface area contributed by atoms with Crippen LogP contribution in [-0.2, 0) is 4.79 Å². The molecule has 1 amide bonds. The van der Waals surface area contributed by atoms with Crippen LogP contribution >= 0.6 is 15.9 Å². The normalized spacial score (nSPS) is 14.0. The van der Waals surface area contributed by atoms with Gasteiger partial charge in [-0.3, -0.25) is 4.79 Å². The third kappa shape index (κ3) is 5.19. The first-order chi connectivity index (χ1) is 8.52. The standard InChI is InChI=1S/C14H21BrN2O/c1-4-16-10(2)8-14(18)17-11(3)12-6-5-7-13(15)9-12/h5-7,9-11,16H,4,8H2,1-3H3,(H,17,18)/t10?,11-/m1/s1. The second kappa shape index (κ2) is 7.54. The molecule has 3 nitrogen and oxygen atoms in total. The van der Waals surface area contributed by atoms with Gasteiger partial charge in [0.15, 0.2) is 0 Å². The van der Waals surface area contributed by atoms with Crippen LogP contribution in [-0.4, -0.2) is 18.5 Å². The molecule has 0 heterocycles. The maximum absolute atomic E-state index is 11.8. The lowest BCUT2D eigenvalue weighted by atomic mass is 10.1. The predicted molar refractivity (Wildman–Crippen MR) is 78.5 cm³/mol. The van der Waals surface area contributed by atoms with Crippen molar-refractivity contribution in [2.75, 3.05) is 6.54 Å². The van der Waals surface area contributed by atoms with Crippen LogP contribution in [0.15, 0.2) is 28.7 Å². The molecule has 1 aromatic rings. The number of rotatable bonds is 6. The van der Waals surface area contributed by atoms with Crippen molar-refractivity contribution in [2.24, 2.45) is 0 Å². The second-order valence-corrected chi connectivity index (χ2v) is 5.42. The molecule has 0 radical (unpaired) electrons. The summed E-state index contributed by atoms with van der Waals surface area (Å²) in [5, 5.41) is 6.24. The van der Waals surface area contributed by atoms with E-state index in [4.69, 9.17) is 0 Å². The van der Waals surface area contributed by atoms with Crippen molar-refractivity contribution in [3.05, 3.63) is 34.3 Å². The van der Waals surface area contributed by atoms with Gasteiger partial charge in [0.2, 0.25) is 5.91 Å². The summed E-state index contributed by atoms with van der Waals surface area (Å²) >= 11 is 3.43. The first kappa shape index (κ1) is 15.2. The third-order valence-corrected chi connectivity index (χ3v) is 3.26. The molecule has 1 aromatic carbocycles. The molecule has 100 valence electrons. The van der Waals surface area contributed by atoms with Crippen LogP contribution in [0.4, 0.5) is 0 Å². The molecule has 0 saturated carbocycles. The van der Waals surface area contributed by atoms with Crippen molar-refractivity contribution < 1.29 is 4.79 Å². The summed E-state index contributed by atoms with van der Waals surface area (Å²) in [6, 6.07) is 8.24. The fraction of sp³-hybridized carbons (Fsp3) is 0.500. The maximum Gasteiger partial charge on any atom is 0.222 e. The monoisotopic (exact) mass is 312 g/mol. The lowest BCUT2D eigenvalue weighted by Crippen LogP contribution is -2.34. The zero-order valence-corrected chi connectivity index (χ0v) is 12.8. The van der Waals surface area contributed by atoms with Crippen LogP contribution in [0.2, 0.25) is 0 Å². The van der Waals surface area contributed by atoms with Gasteiger partial charge in [-0.15, -0.1) is 0 Å². The molecule has 2 N–H and O–H groups in total. The fourth-order valence-corrected chi connectivity index (χ4v) is 2.28. The first-order valence-corrected chi connectivity index (χ1v) is 7.10. The SMILES string of the molecule is CCNC(C)CC(=O)N[C@H](C)c1cccc(Br)c1. The summed E-state index contributed by atoms with van der Waals surface area (Å²) in [6.45, 7) is 6.94. The Balaban J connectivity index is 2.49. The van der Waals surface area contributed by atoms with Crippen LogP contribution in [0.3, 0.4) is 0 Å². The molecule has 0 aliphatic carbocycles. The molecule has 0 spiro atoms. The minimum absolute atomic E-state index is 0.0313. The highest BCUT2D eigenvalue weighted by molar-refractivity contribution is 9.10. The van der Waals surface area contributed by atoms with Crippen molar-refractivity contribution in [1.82, 2.24) is 10.6 Å². The smallest absolute Gasteiger partial charge is 0.222 e. The van der Waals surface area contributed by atoms with Gasteiger partial charge in [-0.1, -0.05) is 35.0 Å². The Morgan fingerprint density at radius 2 is 2.11 bits per heavy atom. The minimum atomic E-state index is 0.0313. The molecule has 1 unspecified atom stereocenters. The molecule has 0 aliphatic heterocycles. The molecule has 0 saturated heterocycles. The van der Waals surface area contributed by atoms with Crippen molar-refractivity contribution in [2.45, 2.75) is 39.3 Å². The molecule has 1 rings (SSSR count). The van der Waals surface area contributed by atoms with Gasteiger partial charge >= 0.3 is 0 Å². The predicted octanol–water partition coefficient (Wildman–Crippen LogP) is 3.01. The van der Waals surface area contributed by atoms with Crippen LogP contribution in [0.25, 0.3) is 0 Å². The Kier molecular flexibility index (Phi) is 6.36. The van der Waals surface area contributed by atoms with Gasteiger partial charge in [0.25, 0.3) is 0 Å². The van der Waals surface area contributed by atoms with Gasteiger partial charge in [-0.2, -0.15) is 0 Å². The van der Waals surface area contributed by atoms with Crippen LogP contribution in [0.1, 0.15) is 38.8 Å². The highest BCUT2D eigenvalue weighted by Crippen LogP contribution is 2.17. The average Bonchev–Trinajstić information content (AvgIpc) is 2.28. The number of carbonyl (C=O) groups is 1. The number of carbonyl (C=O) groups excluding carboxylic acids is 1. The van der Waals surface area contributed by atoms with E-state index in [0.717, 1.165) is 16.6 Å². The van der Waals surface area contributed by atoms with Gasteiger partial charge < -0.3 is 10.6 Å². The number of hydrogen-bond donors (Lipinski definition) is 2. The molecule has 4 heteroatoms. The molecular weight excluding hydrogens is 292 g/mol. The highest BCUT2D eigenvalue weighted by Gasteiger charge is 2.12. The number of amides is 1. The van der Waals surface area contributed by atoms with Crippen LogP contribution in [0.5, 0.6) is 0 Å². The maximum atomic E-state index is 11.8. The Bertz CT molecular complexity index is 395. The lowest BCUT2D eigenvalue weighted by molar-refractivity contribution is -0.122. The van der Waals surface area contributed by atoms with Gasteiger partial charge in [-0.05, 0) is 38.1 Å². The van der Waals surface area contributed by atoms with Crippen LogP contribution in [0, 0.1) is 0 Å². The van der Waals surface area contributed by atoms with Gasteiger partial charge in [0.1, 0.15) is 0 Å². The summed E-state index contributed by atoms with van der Waals surface area (Å²) < 4.78 is 1.03. The van der Waals surface area contributed by atoms with E-state index in [2.05, 4.69) is 26.6 Å². The molecule has 2 atom stereocenters. The summed E-state index contributed by atoms with van der Waals surface area (Å²) in [5.41, 5.74) is 1.11. The average molecular weight is 313 g/mol. The van der Waals surface area contributed by atoms with E-state index >= 15 is 0 Å². The van der Waals surface area contributed by atoms with Gasteiger partial charge in [-0.25, -0.2) is 0 Å². The molecule has 0 aromatic heterocycles. The largest absolute Gasteiger partial charge is 0.350 e. The Hall–Kier alpha value is -0.870. The number of hydrogen-bond acceptors (Lipinski definition) is 2. The Morgan fingerprint density at radius 3 is 2.72 bits per heavy atom. The van der Waals surface area contributed by atoms with Crippen molar-refractivity contribution >= 4 is 21.8 Å². The zero-order valence-electron chi connectivity index (χ0n) is 11.2. The zero-order chi connectivity index (χ0) is 13.5. The summed E-state index contributed by atoms with van der Waals surface area (Å²) in [7, 11) is 0. The highest BCUT2D eigenvalue weighted by atomic mass is 79.9. The minimum Gasteiger partial charge on any atom is -0.350 e. The quantitative estimate of drug-likeness (QED) is 0.847. The molecular formula is C14H21BrN2O. The Labute approximate surface area is 117 Å². The molecule has 0 aliphatic rings. The van der Waals surface area contributed by atoms with E-state index in [9.17, 15) is 4.79 Å². The number of halogens is 1. The molecule has 0 bridgehead atoms. The van der Waals surface area contributed by atoms with Gasteiger partial charge in [0, 0.05) is 16.9 Å². The topological polar surface area (TPSA) is 41.1 Å². The second-order valence-electron chi connectivity index (χ2n) is 4.51. The van der Waals surface area contributed by atoms with E-state index in [-0.39, 0.29) is 18.0 Å². The molecule has 0 fully saturated rings. The summed E-state index contributed by atoms with van der Waals surface area (Å²) in [4.78, 5) is 11.8. The van der Waals surface area contributed by atoms with Crippen LogP contribution < -0.4 is 10.6 Å². The van der Waals surface area contributed by atoms with E-state index in [1.165, 1.54) is 0 Å². The first-order valence-electron chi connectivity index (χ1n) is 6.31. The number of benzene rings is 1. The van der Waals surface area contributed by atoms with E-state index in [1.54, 1.807) is 0 Å². The summed E-state index contributed by atoms with van der Waals surface area (Å²) in [6.07, 6.45) is 0.506.